The molecule has 2 atom stereocenters. The minimum absolute atomic E-state index is 0. The number of hydrogen-bond donors (Lipinski definition) is 7. The van der Waals surface area contributed by atoms with Gasteiger partial charge in [0.05, 0.1) is 44.3 Å². The van der Waals surface area contributed by atoms with Crippen LogP contribution in [-0.2, 0) is 22.4 Å². The number of aromatic amines is 2. The molecule has 0 aliphatic heterocycles. The van der Waals surface area contributed by atoms with Crippen molar-refractivity contribution in [3.63, 3.8) is 0 Å². The van der Waals surface area contributed by atoms with Gasteiger partial charge in [0.2, 0.25) is 17.1 Å². The number of halogens is 3. The molecule has 0 bridgehead atoms. The summed E-state index contributed by atoms with van der Waals surface area (Å²) in [6, 6.07) is 36.7. The average molecular weight is 1070 g/mol. The minimum Gasteiger partial charge on any atom is -0.508 e. The first-order chi connectivity index (χ1) is 33.9. The van der Waals surface area contributed by atoms with Crippen molar-refractivity contribution in [1.29, 1.82) is 0 Å². The molecule has 9 N–H and O–H groups in total. The summed E-state index contributed by atoms with van der Waals surface area (Å²) in [7, 11) is 0. The van der Waals surface area contributed by atoms with Crippen LogP contribution >= 0.6 is 34.8 Å². The Hall–Kier alpha value is -7.79. The van der Waals surface area contributed by atoms with Crippen LogP contribution in [0.3, 0.4) is 0 Å². The molecule has 0 unspecified atom stereocenters. The van der Waals surface area contributed by atoms with Gasteiger partial charge in [0, 0.05) is 24.0 Å². The second kappa shape index (κ2) is 28.5. The largest absolute Gasteiger partial charge is 0.508 e. The van der Waals surface area contributed by atoms with E-state index in [0.29, 0.717) is 49.7 Å². The molecule has 8 aromatic rings. The lowest BCUT2D eigenvalue weighted by molar-refractivity contribution is -0.120. The number of phenols is 1. The number of aromatic nitrogens is 4. The second-order valence-electron chi connectivity index (χ2n) is 16.4. The molecule has 19 heteroatoms. The third-order valence-corrected chi connectivity index (χ3v) is 10.9. The fourth-order valence-electron chi connectivity index (χ4n) is 6.72. The third kappa shape index (κ3) is 17.8. The van der Waals surface area contributed by atoms with E-state index in [9.17, 15) is 24.3 Å². The van der Waals surface area contributed by atoms with Crippen LogP contribution < -0.4 is 36.3 Å². The van der Waals surface area contributed by atoms with Crippen molar-refractivity contribution in [2.75, 3.05) is 0 Å². The van der Waals surface area contributed by atoms with Crippen LogP contribution in [0.15, 0.2) is 133 Å². The zero-order chi connectivity index (χ0) is 51.2. The first-order valence-corrected chi connectivity index (χ1v) is 23.3. The molecule has 4 amide bonds. The van der Waals surface area contributed by atoms with Crippen molar-refractivity contribution in [2.45, 2.75) is 87.1 Å². The van der Waals surface area contributed by atoms with Crippen LogP contribution in [0.25, 0.3) is 22.1 Å². The Labute approximate surface area is 446 Å². The van der Waals surface area contributed by atoms with Crippen molar-refractivity contribution < 1.29 is 38.5 Å². The minimum atomic E-state index is -0.907. The third-order valence-electron chi connectivity index (χ3n) is 10.1. The summed E-state index contributed by atoms with van der Waals surface area (Å²) in [5.74, 6) is -0.577. The van der Waals surface area contributed by atoms with E-state index in [0.717, 1.165) is 33.2 Å². The van der Waals surface area contributed by atoms with Gasteiger partial charge >= 0.3 is 0 Å². The number of nitrogens with zero attached hydrogens (tertiary/aromatic N) is 2. The van der Waals surface area contributed by atoms with Crippen LogP contribution in [0.1, 0.15) is 81.8 Å². The van der Waals surface area contributed by atoms with E-state index < -0.39 is 35.7 Å². The van der Waals surface area contributed by atoms with E-state index in [1.54, 1.807) is 60.7 Å². The fraction of sp³-hybridized carbons (Fsp3) is 0.236. The van der Waals surface area contributed by atoms with E-state index in [2.05, 4.69) is 30.6 Å². The number of aromatic hydroxyl groups is 1. The number of hydrogen-bond acceptors (Lipinski definition) is 10. The molecule has 2 heterocycles. The van der Waals surface area contributed by atoms with Crippen molar-refractivity contribution in [3.8, 4) is 29.0 Å². The summed E-state index contributed by atoms with van der Waals surface area (Å²) in [6.45, 7) is 7.51. The van der Waals surface area contributed by atoms with Crippen LogP contribution in [0.4, 0.5) is 0 Å². The topological polar surface area (TPSA) is 250 Å². The maximum Gasteiger partial charge on any atom is 0.300 e. The highest BCUT2D eigenvalue weighted by molar-refractivity contribution is 6.33. The lowest BCUT2D eigenvalue weighted by Gasteiger charge is -2.17. The van der Waals surface area contributed by atoms with Crippen molar-refractivity contribution in [3.05, 3.63) is 171 Å². The quantitative estimate of drug-likeness (QED) is 0.0482. The molecule has 74 heavy (non-hydrogen) atoms. The Bertz CT molecular complexity index is 3040. The average Bonchev–Trinajstić information content (AvgIpc) is 3.93. The van der Waals surface area contributed by atoms with Gasteiger partial charge in [-0.15, -0.1) is 0 Å². The molecule has 6 aromatic carbocycles. The number of phenolic OH excluding ortho intramolecular Hbond substituents is 1. The number of amides is 4. The van der Waals surface area contributed by atoms with Gasteiger partial charge < -0.3 is 51.4 Å². The summed E-state index contributed by atoms with van der Waals surface area (Å²) < 4.78 is 16.9. The first-order valence-electron chi connectivity index (χ1n) is 22.1. The van der Waals surface area contributed by atoms with Gasteiger partial charge in [-0.3, -0.25) is 19.2 Å². The number of nitrogens with one attached hydrogen (secondary N) is 4. The standard InChI is InChI=1S/C26H25ClN4O4.C19H21ClN2O4.C7H5ClN2.3CH4/c1-15(2)34-23-12-9-17(14-19(23)27)25(33)29-22(24(28)32)13-16-7-10-18(11-8-16)35-26-30-20-5-3-4-6-21(20)31-26;1-11(2)26-17-8-5-13(10-15(17)20)19(25)22-16(18(21)24)9-12-3-6-14(23)7-4-12;8-7-9-5-3-1-2-4-6(5)10-7;;;/h3-12,14-15,22H,13H2,1-2H3,(H2,28,32)(H,29,33)(H,30,31);3-8,10-11,16,23H,9H2,1-2H3,(H2,21,24)(H,22,25);1-4H,(H,9,10);3*1H4/t22-;16-;;;;/m00..../s1. The highest BCUT2D eigenvalue weighted by atomic mass is 35.5. The number of benzene rings is 6. The lowest BCUT2D eigenvalue weighted by atomic mass is 10.0. The number of para-hydroxylation sites is 4. The molecule has 2 aromatic heterocycles. The summed E-state index contributed by atoms with van der Waals surface area (Å²) in [5.41, 5.74) is 16.7. The molecular weight excluding hydrogens is 1010 g/mol. The maximum atomic E-state index is 12.7. The van der Waals surface area contributed by atoms with Gasteiger partial charge in [-0.2, -0.15) is 4.98 Å². The Morgan fingerprint density at radius 3 is 1.41 bits per heavy atom. The number of carbonyl (C=O) groups excluding carboxylic acids is 4. The lowest BCUT2D eigenvalue weighted by Crippen LogP contribution is -2.45. The van der Waals surface area contributed by atoms with Gasteiger partial charge in [0.1, 0.15) is 35.1 Å². The number of nitrogens with two attached hydrogens (primary N) is 2. The van der Waals surface area contributed by atoms with Gasteiger partial charge in [-0.1, -0.05) is 94.0 Å². The molecule has 8 rings (SSSR count). The van der Waals surface area contributed by atoms with Gasteiger partial charge in [-0.05, 0) is 135 Å². The molecule has 0 aliphatic rings. The Kier molecular flexibility index (Phi) is 23.3. The number of H-pyrrole nitrogens is 2. The predicted octanol–water partition coefficient (Wildman–Crippen LogP) is 11.4. The van der Waals surface area contributed by atoms with Crippen molar-refractivity contribution in [1.82, 2.24) is 30.6 Å². The SMILES string of the molecule is C.C.C.CC(C)Oc1ccc(C(=O)N[C@@H](Cc2ccc(O)cc2)C(N)=O)cc1Cl.CC(C)Oc1ccc(C(=O)N[C@@H](Cc2ccc(Oc3nc4ccccc4[nH]3)cc2)C(N)=O)cc1Cl.Clc1nc2ccccc2[nH]1. The summed E-state index contributed by atoms with van der Waals surface area (Å²) in [4.78, 5) is 63.3. The Morgan fingerprint density at radius 1 is 0.581 bits per heavy atom. The summed E-state index contributed by atoms with van der Waals surface area (Å²) >= 11 is 18.0. The monoisotopic (exact) mass is 1070 g/mol. The Balaban J connectivity index is 0.000000325. The number of rotatable bonds is 16. The molecule has 16 nitrogen and oxygen atoms in total. The highest BCUT2D eigenvalue weighted by Gasteiger charge is 2.22. The van der Waals surface area contributed by atoms with Crippen molar-refractivity contribution >= 4 is 80.5 Å². The predicted molar refractivity (Wildman–Crippen MR) is 295 cm³/mol. The summed E-state index contributed by atoms with van der Waals surface area (Å²) in [6.07, 6.45) is 0.330. The van der Waals surface area contributed by atoms with Crippen LogP contribution in [0.5, 0.6) is 29.0 Å². The molecule has 392 valence electrons. The van der Waals surface area contributed by atoms with E-state index in [1.165, 1.54) is 24.3 Å². The number of ether oxygens (including phenoxy) is 3. The molecule has 0 saturated carbocycles. The molecule has 0 aliphatic carbocycles. The second-order valence-corrected chi connectivity index (χ2v) is 17.6. The number of primary amides is 2. The molecule has 0 radical (unpaired) electrons. The van der Waals surface area contributed by atoms with Crippen LogP contribution in [0, 0.1) is 0 Å². The number of carbonyl (C=O) groups is 4. The smallest absolute Gasteiger partial charge is 0.300 e. The van der Waals surface area contributed by atoms with E-state index >= 15 is 0 Å². The van der Waals surface area contributed by atoms with Gasteiger partial charge in [0.25, 0.3) is 17.8 Å². The van der Waals surface area contributed by atoms with E-state index in [4.69, 9.17) is 60.5 Å². The van der Waals surface area contributed by atoms with Crippen molar-refractivity contribution in [2.24, 2.45) is 11.5 Å². The van der Waals surface area contributed by atoms with E-state index in [1.807, 2.05) is 76.2 Å². The molecule has 0 fully saturated rings. The highest BCUT2D eigenvalue weighted by Crippen LogP contribution is 2.28. The number of imidazole rings is 2. The van der Waals surface area contributed by atoms with Crippen LogP contribution in [-0.4, -0.2) is 73.0 Å². The van der Waals surface area contributed by atoms with Gasteiger partial charge in [-0.25, -0.2) is 4.98 Å². The normalized spacial score (nSPS) is 11.2. The molecule has 0 spiro atoms. The maximum absolute atomic E-state index is 12.7. The van der Waals surface area contributed by atoms with Gasteiger partial charge in [0.15, 0.2) is 0 Å². The number of fused-ring (bicyclic) bond motifs is 2. The molecule has 0 saturated heterocycles. The van der Waals surface area contributed by atoms with Crippen LogP contribution in [0.2, 0.25) is 15.3 Å². The zero-order valence-electron chi connectivity index (χ0n) is 38.9. The molecular formula is C55H63Cl3N8O8. The Morgan fingerprint density at radius 2 is 1.00 bits per heavy atom. The fourth-order valence-corrected chi connectivity index (χ4v) is 7.36. The summed E-state index contributed by atoms with van der Waals surface area (Å²) in [5, 5.41) is 15.7. The van der Waals surface area contributed by atoms with E-state index in [-0.39, 0.29) is 53.1 Å². The zero-order valence-corrected chi connectivity index (χ0v) is 41.2. The first kappa shape index (κ1) is 60.5.